The SMILES string of the molecule is O=S(=O)(NCCNc1ccc(-n2cccn2)nn1)c1ccc(F)cc1F. The summed E-state index contributed by atoms with van der Waals surface area (Å²) in [6.07, 6.45) is 3.34. The molecule has 0 spiro atoms. The molecule has 26 heavy (non-hydrogen) atoms. The molecule has 2 N–H and O–H groups in total. The number of halogens is 2. The molecule has 0 saturated carbocycles. The molecule has 0 saturated heterocycles. The van der Waals surface area contributed by atoms with Gasteiger partial charge in [0, 0.05) is 31.5 Å². The van der Waals surface area contributed by atoms with Crippen LogP contribution in [-0.4, -0.2) is 41.5 Å². The Bertz CT molecular complexity index is 978. The molecule has 0 atom stereocenters. The molecule has 3 rings (SSSR count). The van der Waals surface area contributed by atoms with Gasteiger partial charge in [-0.15, -0.1) is 10.2 Å². The van der Waals surface area contributed by atoms with Crippen LogP contribution in [0.5, 0.6) is 0 Å². The van der Waals surface area contributed by atoms with Gasteiger partial charge in [0.15, 0.2) is 5.82 Å². The van der Waals surface area contributed by atoms with Crippen molar-refractivity contribution >= 4 is 15.8 Å². The summed E-state index contributed by atoms with van der Waals surface area (Å²) in [6, 6.07) is 7.39. The molecule has 0 amide bonds. The van der Waals surface area contributed by atoms with E-state index < -0.39 is 26.6 Å². The molecule has 0 bridgehead atoms. The van der Waals surface area contributed by atoms with E-state index in [2.05, 4.69) is 25.3 Å². The van der Waals surface area contributed by atoms with E-state index in [1.807, 2.05) is 0 Å². The van der Waals surface area contributed by atoms with Crippen molar-refractivity contribution in [2.75, 3.05) is 18.4 Å². The highest BCUT2D eigenvalue weighted by Gasteiger charge is 2.18. The van der Waals surface area contributed by atoms with E-state index in [0.29, 0.717) is 17.7 Å². The second-order valence-corrected chi connectivity index (χ2v) is 6.86. The van der Waals surface area contributed by atoms with Crippen LogP contribution >= 0.6 is 0 Å². The zero-order valence-corrected chi connectivity index (χ0v) is 14.1. The van der Waals surface area contributed by atoms with E-state index in [0.717, 1.165) is 12.1 Å². The van der Waals surface area contributed by atoms with Crippen molar-refractivity contribution in [3.63, 3.8) is 0 Å². The smallest absolute Gasteiger partial charge is 0.243 e. The van der Waals surface area contributed by atoms with Gasteiger partial charge >= 0.3 is 0 Å². The van der Waals surface area contributed by atoms with Gasteiger partial charge in [0.25, 0.3) is 0 Å². The third-order valence-electron chi connectivity index (χ3n) is 3.30. The number of nitrogens with zero attached hydrogens (tertiary/aromatic N) is 4. The predicted octanol–water partition coefficient (Wildman–Crippen LogP) is 1.33. The number of hydrogen-bond donors (Lipinski definition) is 2. The number of aromatic nitrogens is 4. The van der Waals surface area contributed by atoms with Crippen LogP contribution in [0.1, 0.15) is 0 Å². The zero-order valence-electron chi connectivity index (χ0n) is 13.3. The minimum absolute atomic E-state index is 0.0261. The topological polar surface area (TPSA) is 102 Å². The van der Waals surface area contributed by atoms with Crippen LogP contribution in [0, 0.1) is 11.6 Å². The van der Waals surface area contributed by atoms with Crippen LogP contribution < -0.4 is 10.0 Å². The van der Waals surface area contributed by atoms with Gasteiger partial charge in [-0.3, -0.25) is 0 Å². The largest absolute Gasteiger partial charge is 0.367 e. The molecule has 0 unspecified atom stereocenters. The molecule has 8 nitrogen and oxygen atoms in total. The highest BCUT2D eigenvalue weighted by atomic mass is 32.2. The predicted molar refractivity (Wildman–Crippen MR) is 89.2 cm³/mol. The van der Waals surface area contributed by atoms with E-state index in [1.54, 1.807) is 35.3 Å². The summed E-state index contributed by atoms with van der Waals surface area (Å²) in [7, 11) is -4.08. The Labute approximate surface area is 147 Å². The monoisotopic (exact) mass is 380 g/mol. The average molecular weight is 380 g/mol. The first-order valence-corrected chi connectivity index (χ1v) is 8.96. The number of benzene rings is 1. The van der Waals surface area contributed by atoms with Gasteiger partial charge in [-0.05, 0) is 30.3 Å². The summed E-state index contributed by atoms with van der Waals surface area (Å²) in [5.74, 6) is -1.02. The highest BCUT2D eigenvalue weighted by Crippen LogP contribution is 2.15. The number of rotatable bonds is 7. The minimum atomic E-state index is -4.08. The molecule has 2 aromatic heterocycles. The van der Waals surface area contributed by atoms with E-state index in [1.165, 1.54) is 0 Å². The quantitative estimate of drug-likeness (QED) is 0.600. The molecule has 0 aliphatic heterocycles. The summed E-state index contributed by atoms with van der Waals surface area (Å²) < 4.78 is 54.2. The van der Waals surface area contributed by atoms with E-state index in [9.17, 15) is 17.2 Å². The van der Waals surface area contributed by atoms with Crippen LogP contribution in [0.2, 0.25) is 0 Å². The maximum absolute atomic E-state index is 13.6. The van der Waals surface area contributed by atoms with Crippen molar-refractivity contribution in [1.29, 1.82) is 0 Å². The summed E-state index contributed by atoms with van der Waals surface area (Å²) in [6.45, 7) is 0.166. The third kappa shape index (κ3) is 4.18. The van der Waals surface area contributed by atoms with Crippen molar-refractivity contribution in [1.82, 2.24) is 24.7 Å². The normalized spacial score (nSPS) is 11.5. The zero-order chi connectivity index (χ0) is 18.6. The fourth-order valence-corrected chi connectivity index (χ4v) is 3.18. The standard InChI is InChI=1S/C15H14F2N6O2S/c16-11-2-3-13(12(17)10-11)26(24,25)20-8-7-18-14-4-5-15(22-21-14)23-9-1-6-19-23/h1-6,9-10,20H,7-8H2,(H,18,21). The van der Waals surface area contributed by atoms with Crippen molar-refractivity contribution in [3.8, 4) is 5.82 Å². The maximum atomic E-state index is 13.6. The highest BCUT2D eigenvalue weighted by molar-refractivity contribution is 7.89. The Hall–Kier alpha value is -2.92. The minimum Gasteiger partial charge on any atom is -0.367 e. The molecule has 11 heteroatoms. The molecule has 0 fully saturated rings. The van der Waals surface area contributed by atoms with Gasteiger partial charge in [0.05, 0.1) is 0 Å². The van der Waals surface area contributed by atoms with Gasteiger partial charge in [-0.25, -0.2) is 26.6 Å². The lowest BCUT2D eigenvalue weighted by atomic mass is 10.3. The van der Waals surface area contributed by atoms with Gasteiger partial charge in [0.2, 0.25) is 10.0 Å². The Balaban J connectivity index is 1.53. The van der Waals surface area contributed by atoms with Crippen LogP contribution in [0.3, 0.4) is 0 Å². The van der Waals surface area contributed by atoms with Crippen molar-refractivity contribution in [3.05, 3.63) is 60.4 Å². The van der Waals surface area contributed by atoms with E-state index in [4.69, 9.17) is 0 Å². The first kappa shape index (κ1) is 17.9. The van der Waals surface area contributed by atoms with Crippen molar-refractivity contribution < 1.29 is 17.2 Å². The van der Waals surface area contributed by atoms with Gasteiger partial charge in [-0.2, -0.15) is 5.10 Å². The van der Waals surface area contributed by atoms with Crippen LogP contribution in [0.4, 0.5) is 14.6 Å². The summed E-state index contributed by atoms with van der Waals surface area (Å²) in [5.41, 5.74) is 0. The molecule has 3 aromatic rings. The first-order chi connectivity index (χ1) is 12.5. The lowest BCUT2D eigenvalue weighted by Crippen LogP contribution is -2.29. The molecule has 0 aliphatic rings. The van der Waals surface area contributed by atoms with Crippen LogP contribution in [-0.2, 0) is 10.0 Å². The molecular formula is C15H14F2N6O2S. The fourth-order valence-electron chi connectivity index (χ4n) is 2.09. The lowest BCUT2D eigenvalue weighted by molar-refractivity contribution is 0.543. The fraction of sp³-hybridized carbons (Fsp3) is 0.133. The molecular weight excluding hydrogens is 366 g/mol. The molecule has 1 aromatic carbocycles. The second-order valence-electron chi connectivity index (χ2n) is 5.13. The Morgan fingerprint density at radius 1 is 1.08 bits per heavy atom. The van der Waals surface area contributed by atoms with Crippen LogP contribution in [0.25, 0.3) is 5.82 Å². The summed E-state index contributed by atoms with van der Waals surface area (Å²) in [5, 5.41) is 14.8. The summed E-state index contributed by atoms with van der Waals surface area (Å²) >= 11 is 0. The van der Waals surface area contributed by atoms with Gasteiger partial charge < -0.3 is 5.32 Å². The molecule has 2 heterocycles. The summed E-state index contributed by atoms with van der Waals surface area (Å²) in [4.78, 5) is -0.609. The van der Waals surface area contributed by atoms with E-state index in [-0.39, 0.29) is 13.1 Å². The third-order valence-corrected chi connectivity index (χ3v) is 4.79. The lowest BCUT2D eigenvalue weighted by Gasteiger charge is -2.09. The Morgan fingerprint density at radius 3 is 2.58 bits per heavy atom. The number of nitrogens with one attached hydrogen (secondary N) is 2. The number of anilines is 1. The maximum Gasteiger partial charge on any atom is 0.243 e. The first-order valence-electron chi connectivity index (χ1n) is 7.48. The average Bonchev–Trinajstić information content (AvgIpc) is 3.13. The van der Waals surface area contributed by atoms with Crippen molar-refractivity contribution in [2.45, 2.75) is 4.90 Å². The van der Waals surface area contributed by atoms with E-state index >= 15 is 0 Å². The molecule has 136 valence electrons. The number of sulfonamides is 1. The van der Waals surface area contributed by atoms with Gasteiger partial charge in [0.1, 0.15) is 22.3 Å². The van der Waals surface area contributed by atoms with Gasteiger partial charge in [-0.1, -0.05) is 0 Å². The van der Waals surface area contributed by atoms with Crippen molar-refractivity contribution in [2.24, 2.45) is 0 Å². The number of hydrogen-bond acceptors (Lipinski definition) is 6. The van der Waals surface area contributed by atoms with Crippen LogP contribution in [0.15, 0.2) is 53.7 Å². The molecule has 0 radical (unpaired) electrons. The Morgan fingerprint density at radius 2 is 1.92 bits per heavy atom. The Kier molecular flexibility index (Phi) is 5.19. The molecule has 0 aliphatic carbocycles. The second kappa shape index (κ2) is 7.54.